The molecule has 1 amide bonds. The standard InChI is InChI=1S/C35H48N6O2Si/c1-35(2,3)43-34(42)41(22-44(4,5)6)21-30-37-20-29(38-30)25-13-9-23(10-14-25)24-11-15-26(16-12-24)31-32(27-17-18-27)40-33(39-31)28-8-7-19-36-28/h9-11,13-15,20,27-28,36H,7-8,12,16-19,21-22H2,1-6H3,(H,37,38)(H,39,40). The summed E-state index contributed by atoms with van der Waals surface area (Å²) in [7, 11) is -1.56. The summed E-state index contributed by atoms with van der Waals surface area (Å²) >= 11 is 0. The third-order valence-electron chi connectivity index (χ3n) is 8.43. The molecule has 2 fully saturated rings. The Hall–Kier alpha value is -3.43. The number of hydrogen-bond donors (Lipinski definition) is 3. The zero-order valence-corrected chi connectivity index (χ0v) is 28.2. The van der Waals surface area contributed by atoms with Gasteiger partial charge in [0.1, 0.15) is 17.2 Å². The molecule has 0 spiro atoms. The third-order valence-corrected chi connectivity index (χ3v) is 9.76. The lowest BCUT2D eigenvalue weighted by Crippen LogP contribution is -2.45. The van der Waals surface area contributed by atoms with Gasteiger partial charge in [-0.2, -0.15) is 0 Å². The maximum Gasteiger partial charge on any atom is 0.410 e. The molecule has 1 saturated carbocycles. The molecule has 1 unspecified atom stereocenters. The summed E-state index contributed by atoms with van der Waals surface area (Å²) in [5.74, 6) is 2.54. The van der Waals surface area contributed by atoms with E-state index in [4.69, 9.17) is 9.72 Å². The molecule has 2 aromatic heterocycles. The Balaban J connectivity index is 1.14. The zero-order valence-electron chi connectivity index (χ0n) is 27.2. The molecule has 3 N–H and O–H groups in total. The van der Waals surface area contributed by atoms with Crippen molar-refractivity contribution in [1.29, 1.82) is 0 Å². The van der Waals surface area contributed by atoms with Gasteiger partial charge in [-0.25, -0.2) is 14.8 Å². The van der Waals surface area contributed by atoms with Gasteiger partial charge in [-0.1, -0.05) is 56.1 Å². The second kappa shape index (κ2) is 12.2. The lowest BCUT2D eigenvalue weighted by Gasteiger charge is -2.30. The van der Waals surface area contributed by atoms with E-state index in [1.54, 1.807) is 4.90 Å². The molecular formula is C35H48N6O2Si. The van der Waals surface area contributed by atoms with Crippen LogP contribution < -0.4 is 5.32 Å². The van der Waals surface area contributed by atoms with E-state index in [0.717, 1.165) is 42.3 Å². The van der Waals surface area contributed by atoms with Crippen molar-refractivity contribution in [3.05, 3.63) is 71.2 Å². The number of aromatic amines is 2. The highest BCUT2D eigenvalue weighted by atomic mass is 28.3. The van der Waals surface area contributed by atoms with Gasteiger partial charge in [-0.3, -0.25) is 0 Å². The van der Waals surface area contributed by atoms with Crippen molar-refractivity contribution >= 4 is 25.3 Å². The van der Waals surface area contributed by atoms with E-state index in [2.05, 4.69) is 76.3 Å². The van der Waals surface area contributed by atoms with E-state index in [1.165, 1.54) is 53.8 Å². The quantitative estimate of drug-likeness (QED) is 0.213. The minimum atomic E-state index is -1.56. The number of rotatable bonds is 9. The number of aromatic nitrogens is 4. The van der Waals surface area contributed by atoms with Crippen LogP contribution in [0.1, 0.15) is 99.9 Å². The van der Waals surface area contributed by atoms with Crippen LogP contribution in [-0.4, -0.2) is 57.3 Å². The van der Waals surface area contributed by atoms with Crippen molar-refractivity contribution in [1.82, 2.24) is 30.2 Å². The van der Waals surface area contributed by atoms with Crippen molar-refractivity contribution in [2.24, 2.45) is 0 Å². The Morgan fingerprint density at radius 3 is 2.32 bits per heavy atom. The van der Waals surface area contributed by atoms with E-state index in [9.17, 15) is 4.79 Å². The van der Waals surface area contributed by atoms with Crippen LogP contribution in [0.15, 0.2) is 42.6 Å². The molecule has 0 radical (unpaired) electrons. The number of allylic oxidation sites excluding steroid dienone is 4. The molecule has 2 aliphatic carbocycles. The number of amides is 1. The Morgan fingerprint density at radius 2 is 1.70 bits per heavy atom. The van der Waals surface area contributed by atoms with Gasteiger partial charge < -0.3 is 24.9 Å². The van der Waals surface area contributed by atoms with E-state index >= 15 is 0 Å². The molecule has 3 aromatic rings. The van der Waals surface area contributed by atoms with E-state index in [0.29, 0.717) is 24.7 Å². The molecule has 234 valence electrons. The summed E-state index contributed by atoms with van der Waals surface area (Å²) in [5.41, 5.74) is 8.00. The fourth-order valence-corrected chi connectivity index (χ4v) is 7.58. The van der Waals surface area contributed by atoms with Gasteiger partial charge >= 0.3 is 6.09 Å². The number of hydrogen-bond acceptors (Lipinski definition) is 5. The Bertz CT molecular complexity index is 1540. The maximum atomic E-state index is 13.0. The van der Waals surface area contributed by atoms with E-state index < -0.39 is 13.7 Å². The van der Waals surface area contributed by atoms with Crippen LogP contribution in [0.4, 0.5) is 4.79 Å². The molecular weight excluding hydrogens is 565 g/mol. The fraction of sp³-hybridized carbons (Fsp3) is 0.514. The highest BCUT2D eigenvalue weighted by molar-refractivity contribution is 6.76. The molecule has 9 heteroatoms. The van der Waals surface area contributed by atoms with Crippen molar-refractivity contribution in [2.45, 2.75) is 103 Å². The summed E-state index contributed by atoms with van der Waals surface area (Å²) in [6.45, 7) is 14.0. The average molecular weight is 613 g/mol. The SMILES string of the molecule is CC(C)(C)OC(=O)N(Cc1ncc(-c2ccc(C3=CC=C(c4nc(C5CCCN5)[nH]c4C4CC4)CC3)cc2)[nH]1)C[Si](C)(C)C. The summed E-state index contributed by atoms with van der Waals surface area (Å²) in [5, 5.41) is 3.60. The highest BCUT2D eigenvalue weighted by Crippen LogP contribution is 2.44. The van der Waals surface area contributed by atoms with E-state index in [1.807, 2.05) is 27.0 Å². The van der Waals surface area contributed by atoms with Gasteiger partial charge in [0.05, 0.1) is 38.2 Å². The van der Waals surface area contributed by atoms with Gasteiger partial charge in [0.25, 0.3) is 0 Å². The molecule has 1 aliphatic heterocycles. The third kappa shape index (κ3) is 7.43. The molecule has 3 aliphatic rings. The summed E-state index contributed by atoms with van der Waals surface area (Å²) in [4.78, 5) is 31.7. The smallest absolute Gasteiger partial charge is 0.410 e. The number of imidazole rings is 2. The first-order valence-corrected chi connectivity index (χ1v) is 20.0. The van der Waals surface area contributed by atoms with Crippen molar-refractivity contribution in [3.63, 3.8) is 0 Å². The predicted octanol–water partition coefficient (Wildman–Crippen LogP) is 7.98. The van der Waals surface area contributed by atoms with Gasteiger partial charge in [0.15, 0.2) is 0 Å². The molecule has 8 nitrogen and oxygen atoms in total. The number of carbonyl (C=O) groups excluding carboxylic acids is 1. The minimum Gasteiger partial charge on any atom is -0.444 e. The Labute approximate surface area is 262 Å². The fourth-order valence-electron chi connectivity index (χ4n) is 6.19. The van der Waals surface area contributed by atoms with Gasteiger partial charge in [-0.05, 0) is 88.1 Å². The largest absolute Gasteiger partial charge is 0.444 e. The van der Waals surface area contributed by atoms with Crippen LogP contribution in [0, 0.1) is 0 Å². The summed E-state index contributed by atoms with van der Waals surface area (Å²) in [6, 6.07) is 9.08. The first kappa shape index (κ1) is 30.6. The van der Waals surface area contributed by atoms with Crippen LogP contribution in [0.5, 0.6) is 0 Å². The van der Waals surface area contributed by atoms with Gasteiger partial charge in [0.2, 0.25) is 0 Å². The van der Waals surface area contributed by atoms with Crippen molar-refractivity contribution in [2.75, 3.05) is 12.7 Å². The first-order valence-electron chi connectivity index (χ1n) is 16.3. The van der Waals surface area contributed by atoms with Crippen molar-refractivity contribution in [3.8, 4) is 11.3 Å². The number of benzene rings is 1. The molecule has 3 heterocycles. The van der Waals surface area contributed by atoms with Gasteiger partial charge in [-0.15, -0.1) is 0 Å². The Kier molecular flexibility index (Phi) is 8.45. The number of carbonyl (C=O) groups is 1. The number of H-pyrrole nitrogens is 2. The van der Waals surface area contributed by atoms with Crippen LogP contribution >= 0.6 is 0 Å². The molecule has 1 atom stereocenters. The lowest BCUT2D eigenvalue weighted by atomic mass is 9.90. The minimum absolute atomic E-state index is 0.289. The van der Waals surface area contributed by atoms with Gasteiger partial charge in [0, 0.05) is 17.8 Å². The zero-order chi connectivity index (χ0) is 31.1. The normalized spacial score (nSPS) is 19.1. The number of nitrogens with zero attached hydrogens (tertiary/aromatic N) is 3. The second-order valence-electron chi connectivity index (χ2n) is 14.9. The topological polar surface area (TPSA) is 98.9 Å². The highest BCUT2D eigenvalue weighted by Gasteiger charge is 2.32. The number of ether oxygens (including phenoxy) is 1. The summed E-state index contributed by atoms with van der Waals surface area (Å²) < 4.78 is 5.70. The molecule has 0 bridgehead atoms. The monoisotopic (exact) mass is 612 g/mol. The number of nitrogens with one attached hydrogen (secondary N) is 3. The Morgan fingerprint density at radius 1 is 1.00 bits per heavy atom. The van der Waals surface area contributed by atoms with Crippen LogP contribution in [0.25, 0.3) is 22.4 Å². The summed E-state index contributed by atoms with van der Waals surface area (Å²) in [6.07, 6.45) is 13.8. The first-order chi connectivity index (χ1) is 20.9. The van der Waals surface area contributed by atoms with E-state index in [-0.39, 0.29) is 6.09 Å². The predicted molar refractivity (Wildman–Crippen MR) is 180 cm³/mol. The maximum absolute atomic E-state index is 13.0. The van der Waals surface area contributed by atoms with Crippen molar-refractivity contribution < 1.29 is 9.53 Å². The van der Waals surface area contributed by atoms with Crippen LogP contribution in [0.3, 0.4) is 0 Å². The van der Waals surface area contributed by atoms with Crippen LogP contribution in [0.2, 0.25) is 19.6 Å². The molecule has 44 heavy (non-hydrogen) atoms. The molecule has 1 saturated heterocycles. The van der Waals surface area contributed by atoms with Crippen LogP contribution in [-0.2, 0) is 11.3 Å². The lowest BCUT2D eigenvalue weighted by molar-refractivity contribution is 0.0261. The second-order valence-corrected chi connectivity index (χ2v) is 20.3. The average Bonchev–Trinajstić information content (AvgIpc) is 3.33. The molecule has 6 rings (SSSR count). The molecule has 1 aromatic carbocycles.